The summed E-state index contributed by atoms with van der Waals surface area (Å²) < 4.78 is 6.14. The van der Waals surface area contributed by atoms with Crippen molar-refractivity contribution >= 4 is 50.7 Å². The topological polar surface area (TPSA) is 51.2 Å². The number of amides is 1. The second-order valence-electron chi connectivity index (χ2n) is 4.24. The van der Waals surface area contributed by atoms with Crippen molar-refractivity contribution in [3.8, 4) is 5.75 Å². The first-order valence-corrected chi connectivity index (χ1v) is 7.43. The number of carbonyl (C=O) groups is 1. The molecule has 1 N–H and O–H groups in total. The maximum atomic E-state index is 12.3. The molecular formula is C14H11BrCl2N2O2. The molecule has 1 aromatic heterocycles. The Labute approximate surface area is 140 Å². The molecule has 0 saturated carbocycles. The number of carbonyl (C=O) groups excluding carboxylic acids is 1. The van der Waals surface area contributed by atoms with Gasteiger partial charge < -0.3 is 10.1 Å². The smallest absolute Gasteiger partial charge is 0.257 e. The molecule has 7 heteroatoms. The fourth-order valence-electron chi connectivity index (χ4n) is 1.80. The molecule has 0 radical (unpaired) electrons. The summed E-state index contributed by atoms with van der Waals surface area (Å²) in [6.45, 7) is 1.87. The van der Waals surface area contributed by atoms with Crippen molar-refractivity contribution in [2.45, 2.75) is 6.92 Å². The average Bonchev–Trinajstić information content (AvgIpc) is 2.43. The summed E-state index contributed by atoms with van der Waals surface area (Å²) in [5.74, 6) is 0.166. The summed E-state index contributed by atoms with van der Waals surface area (Å²) >= 11 is 15.1. The lowest BCUT2D eigenvalue weighted by molar-refractivity contribution is 0.102. The van der Waals surface area contributed by atoms with E-state index in [1.165, 1.54) is 19.4 Å². The van der Waals surface area contributed by atoms with E-state index in [1.54, 1.807) is 6.07 Å². The molecule has 4 nitrogen and oxygen atoms in total. The fourth-order valence-corrected chi connectivity index (χ4v) is 2.70. The summed E-state index contributed by atoms with van der Waals surface area (Å²) in [4.78, 5) is 16.2. The summed E-state index contributed by atoms with van der Waals surface area (Å²) in [5.41, 5.74) is 1.68. The highest BCUT2D eigenvalue weighted by atomic mass is 79.9. The zero-order chi connectivity index (χ0) is 15.6. The molecule has 110 valence electrons. The standard InChI is InChI=1S/C14H11BrCl2N2O2/c1-7-3-8(15)4-11(21-2)13(7)19-14(20)9-5-12(17)18-6-10(9)16/h3-6H,1-2H3,(H,19,20). The maximum absolute atomic E-state index is 12.3. The Kier molecular flexibility index (Phi) is 5.08. The molecule has 0 unspecified atom stereocenters. The predicted octanol–water partition coefficient (Wildman–Crippen LogP) is 4.72. The van der Waals surface area contributed by atoms with Crippen molar-refractivity contribution in [2.24, 2.45) is 0 Å². The van der Waals surface area contributed by atoms with Crippen LogP contribution in [-0.2, 0) is 0 Å². The normalized spacial score (nSPS) is 10.3. The number of anilines is 1. The Hall–Kier alpha value is -1.30. The van der Waals surface area contributed by atoms with Gasteiger partial charge in [-0.1, -0.05) is 39.1 Å². The van der Waals surface area contributed by atoms with E-state index in [9.17, 15) is 4.79 Å². The van der Waals surface area contributed by atoms with Crippen LogP contribution in [0.2, 0.25) is 10.2 Å². The molecule has 0 saturated heterocycles. The number of rotatable bonds is 3. The van der Waals surface area contributed by atoms with E-state index in [0.29, 0.717) is 11.4 Å². The Balaban J connectivity index is 2.38. The van der Waals surface area contributed by atoms with Crippen molar-refractivity contribution < 1.29 is 9.53 Å². The molecule has 2 rings (SSSR count). The summed E-state index contributed by atoms with van der Waals surface area (Å²) in [6.07, 6.45) is 1.34. The molecule has 0 atom stereocenters. The van der Waals surface area contributed by atoms with Crippen LogP contribution in [0.1, 0.15) is 15.9 Å². The number of hydrogen-bond acceptors (Lipinski definition) is 3. The summed E-state index contributed by atoms with van der Waals surface area (Å²) in [7, 11) is 1.53. The van der Waals surface area contributed by atoms with Crippen LogP contribution >= 0.6 is 39.1 Å². The number of nitrogens with zero attached hydrogens (tertiary/aromatic N) is 1. The maximum Gasteiger partial charge on any atom is 0.257 e. The zero-order valence-electron chi connectivity index (χ0n) is 11.2. The van der Waals surface area contributed by atoms with Gasteiger partial charge in [-0.2, -0.15) is 0 Å². The lowest BCUT2D eigenvalue weighted by Gasteiger charge is -2.14. The van der Waals surface area contributed by atoms with Gasteiger partial charge >= 0.3 is 0 Å². The Bertz CT molecular complexity index is 708. The third-order valence-electron chi connectivity index (χ3n) is 2.79. The van der Waals surface area contributed by atoms with E-state index in [4.69, 9.17) is 27.9 Å². The molecule has 0 spiro atoms. The molecule has 2 aromatic rings. The fraction of sp³-hybridized carbons (Fsp3) is 0.143. The van der Waals surface area contributed by atoms with Crippen LogP contribution in [0, 0.1) is 6.92 Å². The molecule has 1 aromatic carbocycles. The second kappa shape index (κ2) is 6.64. The molecular weight excluding hydrogens is 379 g/mol. The van der Waals surface area contributed by atoms with Crippen LogP contribution < -0.4 is 10.1 Å². The third-order valence-corrected chi connectivity index (χ3v) is 3.75. The van der Waals surface area contributed by atoms with Gasteiger partial charge in [0, 0.05) is 10.7 Å². The van der Waals surface area contributed by atoms with Gasteiger partial charge in [0.1, 0.15) is 10.9 Å². The van der Waals surface area contributed by atoms with Gasteiger partial charge in [0.2, 0.25) is 0 Å². The number of benzene rings is 1. The highest BCUT2D eigenvalue weighted by Crippen LogP contribution is 2.33. The number of aryl methyl sites for hydroxylation is 1. The van der Waals surface area contributed by atoms with E-state index >= 15 is 0 Å². The predicted molar refractivity (Wildman–Crippen MR) is 87.6 cm³/mol. The molecule has 0 aliphatic rings. The van der Waals surface area contributed by atoms with Gasteiger partial charge in [0.05, 0.1) is 23.4 Å². The molecule has 0 bridgehead atoms. The Morgan fingerprint density at radius 2 is 2.05 bits per heavy atom. The Morgan fingerprint density at radius 1 is 1.33 bits per heavy atom. The van der Waals surface area contributed by atoms with E-state index < -0.39 is 0 Å². The minimum absolute atomic E-state index is 0.198. The molecule has 0 aliphatic heterocycles. The first-order chi connectivity index (χ1) is 9.92. The first kappa shape index (κ1) is 16.1. The van der Waals surface area contributed by atoms with Crippen molar-refractivity contribution in [2.75, 3.05) is 12.4 Å². The highest BCUT2D eigenvalue weighted by molar-refractivity contribution is 9.10. The largest absolute Gasteiger partial charge is 0.495 e. The molecule has 21 heavy (non-hydrogen) atoms. The quantitative estimate of drug-likeness (QED) is 0.772. The van der Waals surface area contributed by atoms with Crippen molar-refractivity contribution in [3.63, 3.8) is 0 Å². The number of hydrogen-bond donors (Lipinski definition) is 1. The minimum atomic E-state index is -0.381. The second-order valence-corrected chi connectivity index (χ2v) is 5.95. The van der Waals surface area contributed by atoms with Crippen LogP contribution in [0.15, 0.2) is 28.9 Å². The minimum Gasteiger partial charge on any atom is -0.495 e. The van der Waals surface area contributed by atoms with Gasteiger partial charge in [0.15, 0.2) is 0 Å². The van der Waals surface area contributed by atoms with Gasteiger partial charge in [-0.05, 0) is 30.7 Å². The van der Waals surface area contributed by atoms with Crippen LogP contribution in [0.4, 0.5) is 5.69 Å². The highest BCUT2D eigenvalue weighted by Gasteiger charge is 2.16. The number of aromatic nitrogens is 1. The van der Waals surface area contributed by atoms with E-state index in [0.717, 1.165) is 10.0 Å². The van der Waals surface area contributed by atoms with Crippen LogP contribution in [0.5, 0.6) is 5.75 Å². The lowest BCUT2D eigenvalue weighted by Crippen LogP contribution is -2.14. The van der Waals surface area contributed by atoms with Gasteiger partial charge in [-0.25, -0.2) is 4.98 Å². The summed E-state index contributed by atoms with van der Waals surface area (Å²) in [6, 6.07) is 5.06. The zero-order valence-corrected chi connectivity index (χ0v) is 14.3. The SMILES string of the molecule is COc1cc(Br)cc(C)c1NC(=O)c1cc(Cl)ncc1Cl. The average molecular weight is 390 g/mol. The molecule has 1 amide bonds. The lowest BCUT2D eigenvalue weighted by atomic mass is 10.1. The summed E-state index contributed by atoms with van der Waals surface area (Å²) in [5, 5.41) is 3.21. The molecule has 0 fully saturated rings. The van der Waals surface area contributed by atoms with E-state index in [2.05, 4.69) is 26.2 Å². The molecule has 1 heterocycles. The van der Waals surface area contributed by atoms with Crippen molar-refractivity contribution in [3.05, 3.63) is 50.2 Å². The number of pyridine rings is 1. The number of methoxy groups -OCH3 is 1. The van der Waals surface area contributed by atoms with E-state index in [-0.39, 0.29) is 21.6 Å². The van der Waals surface area contributed by atoms with Crippen molar-refractivity contribution in [1.82, 2.24) is 4.98 Å². The third kappa shape index (κ3) is 3.67. The number of ether oxygens (including phenoxy) is 1. The van der Waals surface area contributed by atoms with Crippen LogP contribution in [0.25, 0.3) is 0 Å². The van der Waals surface area contributed by atoms with Crippen LogP contribution in [0.3, 0.4) is 0 Å². The van der Waals surface area contributed by atoms with Crippen molar-refractivity contribution in [1.29, 1.82) is 0 Å². The van der Waals surface area contributed by atoms with Gasteiger partial charge in [0.25, 0.3) is 5.91 Å². The van der Waals surface area contributed by atoms with Gasteiger partial charge in [-0.15, -0.1) is 0 Å². The van der Waals surface area contributed by atoms with Crippen LogP contribution in [-0.4, -0.2) is 18.0 Å². The Morgan fingerprint density at radius 3 is 2.71 bits per heavy atom. The number of halogens is 3. The monoisotopic (exact) mass is 388 g/mol. The van der Waals surface area contributed by atoms with E-state index in [1.807, 2.05) is 13.0 Å². The molecule has 0 aliphatic carbocycles. The van der Waals surface area contributed by atoms with Gasteiger partial charge in [-0.3, -0.25) is 4.79 Å². The first-order valence-electron chi connectivity index (χ1n) is 5.89. The number of nitrogens with one attached hydrogen (secondary N) is 1.